The van der Waals surface area contributed by atoms with E-state index in [-0.39, 0.29) is 6.04 Å². The molecule has 0 bridgehead atoms. The number of nitrogens with one attached hydrogen (secondary N) is 1. The second-order valence-electron chi connectivity index (χ2n) is 5.15. The summed E-state index contributed by atoms with van der Waals surface area (Å²) in [6, 6.07) is 11.6. The van der Waals surface area contributed by atoms with Crippen molar-refractivity contribution in [2.45, 2.75) is 32.7 Å². The van der Waals surface area contributed by atoms with E-state index in [0.29, 0.717) is 5.56 Å². The van der Waals surface area contributed by atoms with E-state index in [9.17, 15) is 8.78 Å². The van der Waals surface area contributed by atoms with Gasteiger partial charge in [0, 0.05) is 11.6 Å². The van der Waals surface area contributed by atoms with Crippen molar-refractivity contribution in [3.8, 4) is 0 Å². The fraction of sp³-hybridized carbons (Fsp3) is 0.333. The standard InChI is InChI=1S/C18H21F2N/c1-3-11-21-18(14-7-5-13(4-2)6-8-14)16-10-9-15(19)12-17(16)20/h5-10,12,18,21H,3-4,11H2,1-2H3. The van der Waals surface area contributed by atoms with Gasteiger partial charge in [0.2, 0.25) is 0 Å². The number of halogens is 2. The van der Waals surface area contributed by atoms with Gasteiger partial charge in [0.15, 0.2) is 0 Å². The average molecular weight is 289 g/mol. The van der Waals surface area contributed by atoms with Crippen LogP contribution in [0.1, 0.15) is 43.0 Å². The van der Waals surface area contributed by atoms with Crippen molar-refractivity contribution >= 4 is 0 Å². The highest BCUT2D eigenvalue weighted by molar-refractivity contribution is 5.34. The number of hydrogen-bond donors (Lipinski definition) is 1. The van der Waals surface area contributed by atoms with E-state index >= 15 is 0 Å². The van der Waals surface area contributed by atoms with Gasteiger partial charge in [-0.15, -0.1) is 0 Å². The summed E-state index contributed by atoms with van der Waals surface area (Å²) in [6.45, 7) is 4.93. The molecule has 1 unspecified atom stereocenters. The molecule has 21 heavy (non-hydrogen) atoms. The van der Waals surface area contributed by atoms with Gasteiger partial charge in [0.05, 0.1) is 6.04 Å². The molecule has 0 aliphatic heterocycles. The number of hydrogen-bond acceptors (Lipinski definition) is 1. The lowest BCUT2D eigenvalue weighted by Crippen LogP contribution is -2.24. The molecule has 2 rings (SSSR count). The maximum atomic E-state index is 14.1. The van der Waals surface area contributed by atoms with Crippen molar-refractivity contribution in [3.05, 3.63) is 70.8 Å². The van der Waals surface area contributed by atoms with Gasteiger partial charge in [0.25, 0.3) is 0 Å². The Labute approximate surface area is 125 Å². The molecule has 0 saturated carbocycles. The summed E-state index contributed by atoms with van der Waals surface area (Å²) in [5, 5.41) is 3.34. The summed E-state index contributed by atoms with van der Waals surface area (Å²) in [4.78, 5) is 0. The predicted octanol–water partition coefficient (Wildman–Crippen LogP) is 4.62. The third kappa shape index (κ3) is 3.88. The maximum absolute atomic E-state index is 14.1. The summed E-state index contributed by atoms with van der Waals surface area (Å²) >= 11 is 0. The molecule has 0 aromatic heterocycles. The maximum Gasteiger partial charge on any atom is 0.131 e. The molecule has 0 spiro atoms. The fourth-order valence-corrected chi connectivity index (χ4v) is 2.38. The van der Waals surface area contributed by atoms with Crippen molar-refractivity contribution in [3.63, 3.8) is 0 Å². The van der Waals surface area contributed by atoms with Gasteiger partial charge < -0.3 is 5.32 Å². The fourth-order valence-electron chi connectivity index (χ4n) is 2.38. The predicted molar refractivity (Wildman–Crippen MR) is 82.3 cm³/mol. The van der Waals surface area contributed by atoms with E-state index in [0.717, 1.165) is 31.0 Å². The normalized spacial score (nSPS) is 12.4. The molecule has 0 radical (unpaired) electrons. The van der Waals surface area contributed by atoms with E-state index in [2.05, 4.69) is 31.3 Å². The van der Waals surface area contributed by atoms with Crippen LogP contribution in [0.15, 0.2) is 42.5 Å². The van der Waals surface area contributed by atoms with E-state index in [1.165, 1.54) is 17.7 Å². The molecule has 112 valence electrons. The Morgan fingerprint density at radius 1 is 1.00 bits per heavy atom. The monoisotopic (exact) mass is 289 g/mol. The second kappa shape index (κ2) is 7.32. The zero-order chi connectivity index (χ0) is 15.2. The van der Waals surface area contributed by atoms with Crippen molar-refractivity contribution in [1.29, 1.82) is 0 Å². The van der Waals surface area contributed by atoms with E-state index in [4.69, 9.17) is 0 Å². The van der Waals surface area contributed by atoms with Crippen LogP contribution in [0.4, 0.5) is 8.78 Å². The van der Waals surface area contributed by atoms with Crippen molar-refractivity contribution in [2.75, 3.05) is 6.54 Å². The summed E-state index contributed by atoms with van der Waals surface area (Å²) in [6.07, 6.45) is 1.92. The van der Waals surface area contributed by atoms with E-state index < -0.39 is 11.6 Å². The van der Waals surface area contributed by atoms with Crippen LogP contribution in [0.25, 0.3) is 0 Å². The zero-order valence-corrected chi connectivity index (χ0v) is 12.5. The van der Waals surface area contributed by atoms with Crippen LogP contribution in [-0.4, -0.2) is 6.54 Å². The van der Waals surface area contributed by atoms with Crippen LogP contribution in [0, 0.1) is 11.6 Å². The zero-order valence-electron chi connectivity index (χ0n) is 12.5. The molecule has 1 atom stereocenters. The topological polar surface area (TPSA) is 12.0 Å². The molecule has 0 aliphatic carbocycles. The second-order valence-corrected chi connectivity index (χ2v) is 5.15. The number of rotatable bonds is 6. The first-order valence-electron chi connectivity index (χ1n) is 7.42. The van der Waals surface area contributed by atoms with Crippen molar-refractivity contribution in [2.24, 2.45) is 0 Å². The Morgan fingerprint density at radius 3 is 2.29 bits per heavy atom. The minimum Gasteiger partial charge on any atom is -0.306 e. The number of benzene rings is 2. The lowest BCUT2D eigenvalue weighted by atomic mass is 9.96. The van der Waals surface area contributed by atoms with E-state index in [1.54, 1.807) is 0 Å². The Morgan fingerprint density at radius 2 is 1.71 bits per heavy atom. The van der Waals surface area contributed by atoms with Gasteiger partial charge in [-0.25, -0.2) is 8.78 Å². The average Bonchev–Trinajstić information content (AvgIpc) is 2.50. The first-order valence-corrected chi connectivity index (χ1v) is 7.42. The molecular weight excluding hydrogens is 268 g/mol. The highest BCUT2D eigenvalue weighted by Gasteiger charge is 2.17. The van der Waals surface area contributed by atoms with Crippen molar-refractivity contribution < 1.29 is 8.78 Å². The minimum absolute atomic E-state index is 0.253. The van der Waals surface area contributed by atoms with Crippen LogP contribution in [-0.2, 0) is 6.42 Å². The van der Waals surface area contributed by atoms with Crippen LogP contribution in [0.5, 0.6) is 0 Å². The minimum atomic E-state index is -0.549. The van der Waals surface area contributed by atoms with Gasteiger partial charge in [0.1, 0.15) is 11.6 Å². The lowest BCUT2D eigenvalue weighted by molar-refractivity contribution is 0.532. The molecular formula is C18H21F2N. The van der Waals surface area contributed by atoms with Crippen molar-refractivity contribution in [1.82, 2.24) is 5.32 Å². The number of aryl methyl sites for hydroxylation is 1. The quantitative estimate of drug-likeness (QED) is 0.818. The van der Waals surface area contributed by atoms with Gasteiger partial charge >= 0.3 is 0 Å². The summed E-state index contributed by atoms with van der Waals surface area (Å²) < 4.78 is 27.2. The molecule has 2 aromatic rings. The van der Waals surface area contributed by atoms with E-state index in [1.807, 2.05) is 12.1 Å². The summed E-state index contributed by atoms with van der Waals surface area (Å²) in [5.41, 5.74) is 2.72. The molecule has 2 aromatic carbocycles. The van der Waals surface area contributed by atoms with Crippen LogP contribution in [0.2, 0.25) is 0 Å². The molecule has 1 N–H and O–H groups in total. The molecule has 0 fully saturated rings. The molecule has 1 nitrogen and oxygen atoms in total. The SMILES string of the molecule is CCCNC(c1ccc(CC)cc1)c1ccc(F)cc1F. The summed E-state index contributed by atoms with van der Waals surface area (Å²) in [5.74, 6) is -1.06. The molecule has 0 aliphatic rings. The summed E-state index contributed by atoms with van der Waals surface area (Å²) in [7, 11) is 0. The van der Waals surface area contributed by atoms with Crippen LogP contribution in [0.3, 0.4) is 0 Å². The third-order valence-corrected chi connectivity index (χ3v) is 3.59. The Hall–Kier alpha value is -1.74. The molecule has 0 saturated heterocycles. The molecule has 3 heteroatoms. The Balaban J connectivity index is 2.36. The first-order chi connectivity index (χ1) is 10.2. The van der Waals surface area contributed by atoms with Gasteiger partial charge in [-0.2, -0.15) is 0 Å². The molecule has 0 amide bonds. The lowest BCUT2D eigenvalue weighted by Gasteiger charge is -2.20. The highest BCUT2D eigenvalue weighted by Crippen LogP contribution is 2.25. The molecule has 0 heterocycles. The smallest absolute Gasteiger partial charge is 0.131 e. The van der Waals surface area contributed by atoms with Crippen LogP contribution < -0.4 is 5.32 Å². The first kappa shape index (κ1) is 15.6. The van der Waals surface area contributed by atoms with Gasteiger partial charge in [-0.3, -0.25) is 0 Å². The Kier molecular flexibility index (Phi) is 5.45. The van der Waals surface area contributed by atoms with Gasteiger partial charge in [-0.05, 0) is 36.6 Å². The highest BCUT2D eigenvalue weighted by atomic mass is 19.1. The largest absolute Gasteiger partial charge is 0.306 e. The van der Waals surface area contributed by atoms with Gasteiger partial charge in [-0.1, -0.05) is 44.2 Å². The third-order valence-electron chi connectivity index (χ3n) is 3.59. The Bertz CT molecular complexity index is 578. The van der Waals surface area contributed by atoms with Crippen LogP contribution >= 0.6 is 0 Å².